The molecular formula is C23H22N2O4. The number of aromatic nitrogens is 1. The van der Waals surface area contributed by atoms with Gasteiger partial charge < -0.3 is 14.8 Å². The van der Waals surface area contributed by atoms with Crippen LogP contribution < -0.4 is 5.32 Å². The molecule has 6 nitrogen and oxygen atoms in total. The lowest BCUT2D eigenvalue weighted by Gasteiger charge is -2.12. The molecule has 0 radical (unpaired) electrons. The summed E-state index contributed by atoms with van der Waals surface area (Å²) < 4.78 is 10.8. The number of esters is 1. The minimum Gasteiger partial charge on any atom is -0.452 e. The van der Waals surface area contributed by atoms with E-state index in [1.54, 1.807) is 6.07 Å². The molecule has 1 aliphatic rings. The molecule has 0 aliphatic carbocycles. The zero-order chi connectivity index (χ0) is 20.1. The van der Waals surface area contributed by atoms with Crippen molar-refractivity contribution >= 4 is 22.8 Å². The number of nitrogens with zero attached hydrogens (tertiary/aromatic N) is 1. The summed E-state index contributed by atoms with van der Waals surface area (Å²) in [5, 5.41) is 3.44. The van der Waals surface area contributed by atoms with Crippen LogP contribution in [-0.2, 0) is 14.3 Å². The van der Waals surface area contributed by atoms with Gasteiger partial charge in [0.05, 0.1) is 22.9 Å². The van der Waals surface area contributed by atoms with E-state index in [9.17, 15) is 9.59 Å². The number of para-hydroxylation sites is 1. The number of carbonyl (C=O) groups excluding carboxylic acids is 2. The Kier molecular flexibility index (Phi) is 5.81. The first-order chi connectivity index (χ1) is 14.2. The molecule has 4 rings (SSSR count). The van der Waals surface area contributed by atoms with E-state index in [0.29, 0.717) is 28.7 Å². The SMILES string of the molecule is O=C(COC(=O)c1cc(-c2ccccc2)nc2ccccc12)NC[C@@H]1CCCO1. The normalized spacial score (nSPS) is 15.9. The lowest BCUT2D eigenvalue weighted by molar-refractivity contribution is -0.124. The highest BCUT2D eigenvalue weighted by atomic mass is 16.5. The van der Waals surface area contributed by atoms with Crippen LogP contribution in [-0.4, -0.2) is 42.7 Å². The van der Waals surface area contributed by atoms with Crippen molar-refractivity contribution in [3.8, 4) is 11.3 Å². The van der Waals surface area contributed by atoms with Gasteiger partial charge in [-0.3, -0.25) is 4.79 Å². The molecule has 1 saturated heterocycles. The number of ether oxygens (including phenoxy) is 2. The molecule has 148 valence electrons. The summed E-state index contributed by atoms with van der Waals surface area (Å²) in [6, 6.07) is 18.7. The lowest BCUT2D eigenvalue weighted by atomic mass is 10.0. The molecule has 0 saturated carbocycles. The molecule has 1 aliphatic heterocycles. The molecule has 1 N–H and O–H groups in total. The van der Waals surface area contributed by atoms with Gasteiger partial charge in [0.15, 0.2) is 6.61 Å². The number of nitrogens with one attached hydrogen (secondary N) is 1. The van der Waals surface area contributed by atoms with Crippen molar-refractivity contribution < 1.29 is 19.1 Å². The Morgan fingerprint density at radius 3 is 2.69 bits per heavy atom. The minimum absolute atomic E-state index is 0.0484. The molecule has 0 unspecified atom stereocenters. The summed E-state index contributed by atoms with van der Waals surface area (Å²) in [6.07, 6.45) is 1.99. The summed E-state index contributed by atoms with van der Waals surface area (Å²) >= 11 is 0. The van der Waals surface area contributed by atoms with Crippen LogP contribution in [0.25, 0.3) is 22.2 Å². The number of rotatable bonds is 6. The number of carbonyl (C=O) groups is 2. The number of amides is 1. The molecule has 1 fully saturated rings. The van der Waals surface area contributed by atoms with Gasteiger partial charge in [-0.25, -0.2) is 9.78 Å². The Bertz CT molecular complexity index is 1010. The van der Waals surface area contributed by atoms with E-state index in [1.807, 2.05) is 54.6 Å². The second-order valence-electron chi connectivity index (χ2n) is 6.95. The van der Waals surface area contributed by atoms with Crippen molar-refractivity contribution in [1.82, 2.24) is 10.3 Å². The van der Waals surface area contributed by atoms with E-state index in [1.165, 1.54) is 0 Å². The molecule has 6 heteroatoms. The summed E-state index contributed by atoms with van der Waals surface area (Å²) in [5.74, 6) is -0.886. The van der Waals surface area contributed by atoms with Crippen molar-refractivity contribution in [2.75, 3.05) is 19.8 Å². The van der Waals surface area contributed by atoms with Crippen molar-refractivity contribution in [1.29, 1.82) is 0 Å². The number of hydrogen-bond donors (Lipinski definition) is 1. The van der Waals surface area contributed by atoms with E-state index < -0.39 is 5.97 Å². The van der Waals surface area contributed by atoms with Gasteiger partial charge >= 0.3 is 5.97 Å². The first-order valence-electron chi connectivity index (χ1n) is 9.71. The standard InChI is InChI=1S/C23H22N2O4/c26-22(24-14-17-9-6-12-28-17)15-29-23(27)19-13-21(16-7-2-1-3-8-16)25-20-11-5-4-10-18(19)20/h1-5,7-8,10-11,13,17H,6,9,12,14-15H2,(H,24,26)/t17-/m0/s1. The quantitative estimate of drug-likeness (QED) is 0.653. The second kappa shape index (κ2) is 8.84. The van der Waals surface area contributed by atoms with E-state index in [2.05, 4.69) is 10.3 Å². The summed E-state index contributed by atoms with van der Waals surface area (Å²) in [6.45, 7) is 0.837. The van der Waals surface area contributed by atoms with Crippen molar-refractivity contribution in [3.63, 3.8) is 0 Å². The fourth-order valence-electron chi connectivity index (χ4n) is 3.39. The van der Waals surface area contributed by atoms with Crippen LogP contribution in [0.2, 0.25) is 0 Å². The molecule has 3 aromatic rings. The Hall–Kier alpha value is -3.25. The van der Waals surface area contributed by atoms with E-state index in [-0.39, 0.29) is 18.6 Å². The van der Waals surface area contributed by atoms with Gasteiger partial charge in [0.25, 0.3) is 5.91 Å². The van der Waals surface area contributed by atoms with Gasteiger partial charge in [-0.15, -0.1) is 0 Å². The maximum Gasteiger partial charge on any atom is 0.339 e. The topological polar surface area (TPSA) is 77.5 Å². The zero-order valence-corrected chi connectivity index (χ0v) is 16.0. The van der Waals surface area contributed by atoms with E-state index >= 15 is 0 Å². The number of hydrogen-bond acceptors (Lipinski definition) is 5. The zero-order valence-electron chi connectivity index (χ0n) is 16.0. The molecule has 2 heterocycles. The summed E-state index contributed by atoms with van der Waals surface area (Å²) in [7, 11) is 0. The predicted octanol–water partition coefficient (Wildman–Crippen LogP) is 3.35. The molecule has 1 amide bonds. The highest BCUT2D eigenvalue weighted by Crippen LogP contribution is 2.25. The smallest absolute Gasteiger partial charge is 0.339 e. The Morgan fingerprint density at radius 2 is 1.90 bits per heavy atom. The largest absolute Gasteiger partial charge is 0.452 e. The lowest BCUT2D eigenvalue weighted by Crippen LogP contribution is -2.34. The molecule has 0 spiro atoms. The van der Waals surface area contributed by atoms with Crippen molar-refractivity contribution in [3.05, 3.63) is 66.2 Å². The van der Waals surface area contributed by atoms with Crippen molar-refractivity contribution in [2.24, 2.45) is 0 Å². The van der Waals surface area contributed by atoms with Crippen LogP contribution >= 0.6 is 0 Å². The van der Waals surface area contributed by atoms with Crippen LogP contribution in [0.1, 0.15) is 23.2 Å². The number of fused-ring (bicyclic) bond motifs is 1. The Balaban J connectivity index is 1.49. The van der Waals surface area contributed by atoms with Crippen molar-refractivity contribution in [2.45, 2.75) is 18.9 Å². The van der Waals surface area contributed by atoms with Crippen LogP contribution in [0.5, 0.6) is 0 Å². The average Bonchev–Trinajstić information content (AvgIpc) is 3.29. The molecule has 1 aromatic heterocycles. The predicted molar refractivity (Wildman–Crippen MR) is 109 cm³/mol. The van der Waals surface area contributed by atoms with Gasteiger partial charge in [-0.05, 0) is 25.0 Å². The average molecular weight is 390 g/mol. The van der Waals surface area contributed by atoms with Gasteiger partial charge in [0.1, 0.15) is 0 Å². The van der Waals surface area contributed by atoms with Gasteiger partial charge in [0.2, 0.25) is 0 Å². The molecule has 2 aromatic carbocycles. The van der Waals surface area contributed by atoms with Crippen LogP contribution in [0.4, 0.5) is 0 Å². The monoisotopic (exact) mass is 390 g/mol. The second-order valence-corrected chi connectivity index (χ2v) is 6.95. The summed E-state index contributed by atoms with van der Waals surface area (Å²) in [4.78, 5) is 29.4. The third-order valence-electron chi connectivity index (χ3n) is 4.89. The highest BCUT2D eigenvalue weighted by Gasteiger charge is 2.18. The molecule has 29 heavy (non-hydrogen) atoms. The van der Waals surface area contributed by atoms with Gasteiger partial charge in [0, 0.05) is 24.1 Å². The highest BCUT2D eigenvalue weighted by molar-refractivity contribution is 6.05. The maximum absolute atomic E-state index is 12.8. The van der Waals surface area contributed by atoms with Crippen LogP contribution in [0.15, 0.2) is 60.7 Å². The fourth-order valence-corrected chi connectivity index (χ4v) is 3.39. The van der Waals surface area contributed by atoms with Gasteiger partial charge in [-0.1, -0.05) is 48.5 Å². The fraction of sp³-hybridized carbons (Fsp3) is 0.261. The molecule has 1 atom stereocenters. The molecule has 0 bridgehead atoms. The third kappa shape index (κ3) is 4.60. The van der Waals surface area contributed by atoms with Gasteiger partial charge in [-0.2, -0.15) is 0 Å². The van der Waals surface area contributed by atoms with E-state index in [0.717, 1.165) is 25.0 Å². The Labute approximate surface area is 168 Å². The minimum atomic E-state index is -0.548. The van der Waals surface area contributed by atoms with Crippen LogP contribution in [0.3, 0.4) is 0 Å². The first-order valence-corrected chi connectivity index (χ1v) is 9.71. The maximum atomic E-state index is 12.8. The molecular weight excluding hydrogens is 368 g/mol. The van der Waals surface area contributed by atoms with Crippen LogP contribution in [0, 0.1) is 0 Å². The number of benzene rings is 2. The van der Waals surface area contributed by atoms with E-state index in [4.69, 9.17) is 9.47 Å². The number of pyridine rings is 1. The first kappa shape index (κ1) is 19.1. The Morgan fingerprint density at radius 1 is 1.10 bits per heavy atom. The summed E-state index contributed by atoms with van der Waals surface area (Å²) in [5.41, 5.74) is 2.67. The third-order valence-corrected chi connectivity index (χ3v) is 4.89.